The van der Waals surface area contributed by atoms with Crippen molar-refractivity contribution in [2.45, 2.75) is 18.6 Å². The van der Waals surface area contributed by atoms with Gasteiger partial charge < -0.3 is 21.3 Å². The number of aliphatic hydroxyl groups is 2. The molecule has 0 heterocycles. The van der Waals surface area contributed by atoms with E-state index in [4.69, 9.17) is 5.73 Å². The molecule has 5 N–H and O–H groups in total. The monoisotopic (exact) mass is 228 g/mol. The molecule has 16 heavy (non-hydrogen) atoms. The van der Waals surface area contributed by atoms with Crippen LogP contribution in [0, 0.1) is 5.82 Å². The molecule has 5 heteroatoms. The van der Waals surface area contributed by atoms with Crippen molar-refractivity contribution in [3.63, 3.8) is 0 Å². The van der Waals surface area contributed by atoms with Crippen molar-refractivity contribution in [2.24, 2.45) is 0 Å². The third kappa shape index (κ3) is 2.91. The number of nitrogen functional groups attached to an aromatic ring is 1. The zero-order chi connectivity index (χ0) is 12.1. The SMILES string of the molecule is CNCCC(O)C(O)c1c(N)cccc1F. The van der Waals surface area contributed by atoms with Crippen LogP contribution < -0.4 is 11.1 Å². The lowest BCUT2D eigenvalue weighted by Crippen LogP contribution is -2.24. The average molecular weight is 228 g/mol. The summed E-state index contributed by atoms with van der Waals surface area (Å²) in [6, 6.07) is 4.16. The summed E-state index contributed by atoms with van der Waals surface area (Å²) in [5, 5.41) is 22.3. The average Bonchev–Trinajstić information content (AvgIpc) is 2.25. The van der Waals surface area contributed by atoms with Gasteiger partial charge in [0.25, 0.3) is 0 Å². The van der Waals surface area contributed by atoms with Crippen LogP contribution in [-0.2, 0) is 0 Å². The number of nitrogens with one attached hydrogen (secondary N) is 1. The Morgan fingerprint density at radius 2 is 2.12 bits per heavy atom. The van der Waals surface area contributed by atoms with Crippen molar-refractivity contribution in [2.75, 3.05) is 19.3 Å². The van der Waals surface area contributed by atoms with Crippen LogP contribution in [0.25, 0.3) is 0 Å². The largest absolute Gasteiger partial charge is 0.398 e. The van der Waals surface area contributed by atoms with Crippen LogP contribution in [0.4, 0.5) is 10.1 Å². The molecule has 4 nitrogen and oxygen atoms in total. The van der Waals surface area contributed by atoms with Gasteiger partial charge in [0.15, 0.2) is 0 Å². The second-order valence-electron chi connectivity index (χ2n) is 3.65. The first kappa shape index (κ1) is 12.9. The molecule has 0 radical (unpaired) electrons. The molecule has 0 aliphatic carbocycles. The smallest absolute Gasteiger partial charge is 0.131 e. The molecule has 0 amide bonds. The highest BCUT2D eigenvalue weighted by atomic mass is 19.1. The van der Waals surface area contributed by atoms with E-state index in [1.54, 1.807) is 7.05 Å². The zero-order valence-corrected chi connectivity index (χ0v) is 9.15. The third-order valence-electron chi connectivity index (χ3n) is 2.44. The fourth-order valence-electron chi connectivity index (χ4n) is 1.51. The zero-order valence-electron chi connectivity index (χ0n) is 9.15. The molecule has 0 aliphatic rings. The van der Waals surface area contributed by atoms with Crippen molar-refractivity contribution < 1.29 is 14.6 Å². The van der Waals surface area contributed by atoms with Crippen molar-refractivity contribution in [3.8, 4) is 0 Å². The Morgan fingerprint density at radius 3 is 2.69 bits per heavy atom. The maximum atomic E-state index is 13.4. The molecule has 1 aromatic carbocycles. The standard InChI is InChI=1S/C11H17FN2O2/c1-14-6-5-9(15)11(16)10-7(12)3-2-4-8(10)13/h2-4,9,11,14-16H,5-6,13H2,1H3. The lowest BCUT2D eigenvalue weighted by atomic mass is 10.00. The normalized spacial score (nSPS) is 14.8. The summed E-state index contributed by atoms with van der Waals surface area (Å²) < 4.78 is 13.4. The van der Waals surface area contributed by atoms with Gasteiger partial charge in [-0.3, -0.25) is 0 Å². The molecule has 0 bridgehead atoms. The van der Waals surface area contributed by atoms with E-state index in [0.29, 0.717) is 13.0 Å². The fourth-order valence-corrected chi connectivity index (χ4v) is 1.51. The number of nitrogens with two attached hydrogens (primary N) is 1. The highest BCUT2D eigenvalue weighted by Crippen LogP contribution is 2.26. The van der Waals surface area contributed by atoms with Crippen molar-refractivity contribution >= 4 is 5.69 Å². The van der Waals surface area contributed by atoms with Crippen LogP contribution in [-0.4, -0.2) is 29.9 Å². The number of hydrogen-bond donors (Lipinski definition) is 4. The molecule has 0 fully saturated rings. The maximum absolute atomic E-state index is 13.4. The molecule has 2 atom stereocenters. The van der Waals surface area contributed by atoms with Crippen molar-refractivity contribution in [1.29, 1.82) is 0 Å². The van der Waals surface area contributed by atoms with Crippen LogP contribution in [0.2, 0.25) is 0 Å². The van der Waals surface area contributed by atoms with Crippen LogP contribution in [0.15, 0.2) is 18.2 Å². The molecular weight excluding hydrogens is 211 g/mol. The van der Waals surface area contributed by atoms with Gasteiger partial charge in [0, 0.05) is 11.3 Å². The number of rotatable bonds is 5. The molecule has 1 aromatic rings. The van der Waals surface area contributed by atoms with Crippen LogP contribution in [0.1, 0.15) is 18.1 Å². The Kier molecular flexibility index (Phi) is 4.67. The summed E-state index contributed by atoms with van der Waals surface area (Å²) in [5.74, 6) is -0.601. The third-order valence-corrected chi connectivity index (χ3v) is 2.44. The Morgan fingerprint density at radius 1 is 1.44 bits per heavy atom. The highest BCUT2D eigenvalue weighted by molar-refractivity contribution is 5.48. The fraction of sp³-hybridized carbons (Fsp3) is 0.455. The van der Waals surface area contributed by atoms with E-state index in [2.05, 4.69) is 5.32 Å². The Balaban J connectivity index is 2.82. The Labute approximate surface area is 93.9 Å². The summed E-state index contributed by atoms with van der Waals surface area (Å²) in [6.45, 7) is 0.534. The lowest BCUT2D eigenvalue weighted by molar-refractivity contribution is 0.0124. The molecule has 1 rings (SSSR count). The van der Waals surface area contributed by atoms with E-state index in [0.717, 1.165) is 0 Å². The molecular formula is C11H17FN2O2. The molecule has 0 aromatic heterocycles. The predicted molar refractivity (Wildman–Crippen MR) is 60.3 cm³/mol. The molecule has 0 aliphatic heterocycles. The summed E-state index contributed by atoms with van der Waals surface area (Å²) >= 11 is 0. The van der Waals surface area contributed by atoms with Crippen LogP contribution >= 0.6 is 0 Å². The van der Waals surface area contributed by atoms with E-state index >= 15 is 0 Å². The number of aliphatic hydroxyl groups excluding tert-OH is 2. The van der Waals surface area contributed by atoms with E-state index < -0.39 is 18.0 Å². The molecule has 0 saturated heterocycles. The van der Waals surface area contributed by atoms with Gasteiger partial charge in [-0.05, 0) is 32.1 Å². The van der Waals surface area contributed by atoms with Gasteiger partial charge >= 0.3 is 0 Å². The van der Waals surface area contributed by atoms with E-state index in [1.165, 1.54) is 18.2 Å². The highest BCUT2D eigenvalue weighted by Gasteiger charge is 2.23. The number of hydrogen-bond acceptors (Lipinski definition) is 4. The van der Waals surface area contributed by atoms with Gasteiger partial charge in [-0.15, -0.1) is 0 Å². The van der Waals surface area contributed by atoms with Gasteiger partial charge in [0.05, 0.1) is 6.10 Å². The van der Waals surface area contributed by atoms with E-state index in [9.17, 15) is 14.6 Å². The number of halogens is 1. The minimum atomic E-state index is -1.30. The van der Waals surface area contributed by atoms with Gasteiger partial charge in [-0.25, -0.2) is 4.39 Å². The molecule has 2 unspecified atom stereocenters. The van der Waals surface area contributed by atoms with Crippen molar-refractivity contribution in [3.05, 3.63) is 29.6 Å². The lowest BCUT2D eigenvalue weighted by Gasteiger charge is -2.19. The van der Waals surface area contributed by atoms with Gasteiger partial charge in [0.2, 0.25) is 0 Å². The van der Waals surface area contributed by atoms with E-state index in [1.807, 2.05) is 0 Å². The van der Waals surface area contributed by atoms with Crippen LogP contribution in [0.3, 0.4) is 0 Å². The number of benzene rings is 1. The number of anilines is 1. The first-order valence-electron chi connectivity index (χ1n) is 5.12. The van der Waals surface area contributed by atoms with Gasteiger partial charge in [-0.2, -0.15) is 0 Å². The summed E-state index contributed by atoms with van der Waals surface area (Å²) in [5.41, 5.74) is 5.68. The summed E-state index contributed by atoms with van der Waals surface area (Å²) in [4.78, 5) is 0. The minimum Gasteiger partial charge on any atom is -0.398 e. The molecule has 90 valence electrons. The second-order valence-corrected chi connectivity index (χ2v) is 3.65. The van der Waals surface area contributed by atoms with E-state index in [-0.39, 0.29) is 11.3 Å². The maximum Gasteiger partial charge on any atom is 0.131 e. The molecule has 0 spiro atoms. The van der Waals surface area contributed by atoms with Crippen LogP contribution in [0.5, 0.6) is 0 Å². The van der Waals surface area contributed by atoms with Crippen molar-refractivity contribution in [1.82, 2.24) is 5.32 Å². The first-order chi connectivity index (χ1) is 7.57. The Hall–Kier alpha value is -1.17. The summed E-state index contributed by atoms with van der Waals surface area (Å²) in [6.07, 6.45) is -2.01. The first-order valence-corrected chi connectivity index (χ1v) is 5.12. The second kappa shape index (κ2) is 5.79. The predicted octanol–water partition coefficient (Wildman–Crippen LogP) is 0.412. The Bertz CT molecular complexity index is 327. The van der Waals surface area contributed by atoms with Gasteiger partial charge in [0.1, 0.15) is 11.9 Å². The molecule has 0 saturated carbocycles. The summed E-state index contributed by atoms with van der Waals surface area (Å²) in [7, 11) is 1.73. The minimum absolute atomic E-state index is 0.0360. The topological polar surface area (TPSA) is 78.5 Å². The quantitative estimate of drug-likeness (QED) is 0.550. The van der Waals surface area contributed by atoms with Gasteiger partial charge in [-0.1, -0.05) is 6.07 Å².